The standard InChI is InChI=1S/C18H19N3O4S/c1-12-11-18(23)20-16-5-3-4-6-17(16)21(12)26(24,25)15-9-7-14(8-10-15)19-13(2)22/h3-10,12H,11H2,1-2H3,(H,19,22)(H,20,23). The summed E-state index contributed by atoms with van der Waals surface area (Å²) < 4.78 is 27.8. The molecule has 136 valence electrons. The number of benzene rings is 2. The lowest BCUT2D eigenvalue weighted by molar-refractivity contribution is -0.116. The molecule has 0 aliphatic carbocycles. The molecule has 2 aromatic carbocycles. The first-order chi connectivity index (χ1) is 12.3. The summed E-state index contributed by atoms with van der Waals surface area (Å²) in [6, 6.07) is 12.2. The van der Waals surface area contributed by atoms with E-state index in [2.05, 4.69) is 10.6 Å². The Balaban J connectivity index is 2.05. The molecule has 2 amide bonds. The van der Waals surface area contributed by atoms with Gasteiger partial charge in [0, 0.05) is 19.0 Å². The number of nitrogens with one attached hydrogen (secondary N) is 2. The Morgan fingerprint density at radius 3 is 2.46 bits per heavy atom. The summed E-state index contributed by atoms with van der Waals surface area (Å²) in [4.78, 5) is 23.2. The second-order valence-corrected chi connectivity index (χ2v) is 7.94. The van der Waals surface area contributed by atoms with E-state index >= 15 is 0 Å². The highest BCUT2D eigenvalue weighted by molar-refractivity contribution is 7.92. The third-order valence-corrected chi connectivity index (χ3v) is 5.97. The van der Waals surface area contributed by atoms with Gasteiger partial charge in [-0.1, -0.05) is 12.1 Å². The minimum atomic E-state index is -3.89. The van der Waals surface area contributed by atoms with E-state index in [0.717, 1.165) is 0 Å². The van der Waals surface area contributed by atoms with Crippen molar-refractivity contribution in [2.45, 2.75) is 31.2 Å². The van der Waals surface area contributed by atoms with Crippen LogP contribution in [-0.2, 0) is 19.6 Å². The number of anilines is 3. The van der Waals surface area contributed by atoms with Crippen molar-refractivity contribution >= 4 is 38.9 Å². The molecule has 26 heavy (non-hydrogen) atoms. The molecule has 2 aromatic rings. The summed E-state index contributed by atoms with van der Waals surface area (Å²) in [5.74, 6) is -0.469. The molecule has 0 saturated carbocycles. The number of nitrogens with zero attached hydrogens (tertiary/aromatic N) is 1. The first kappa shape index (κ1) is 17.9. The Hall–Kier alpha value is -2.87. The number of sulfonamides is 1. The van der Waals surface area contributed by atoms with E-state index in [1.165, 1.54) is 35.5 Å². The number of amides is 2. The van der Waals surface area contributed by atoms with Crippen molar-refractivity contribution in [2.75, 3.05) is 14.9 Å². The fraction of sp³-hybridized carbons (Fsp3) is 0.222. The van der Waals surface area contributed by atoms with Crippen LogP contribution in [0.3, 0.4) is 0 Å². The van der Waals surface area contributed by atoms with Gasteiger partial charge in [-0.25, -0.2) is 8.42 Å². The molecule has 0 aromatic heterocycles. The van der Waals surface area contributed by atoms with Crippen molar-refractivity contribution in [1.29, 1.82) is 0 Å². The molecule has 0 fully saturated rings. The van der Waals surface area contributed by atoms with Crippen LogP contribution in [0.4, 0.5) is 17.1 Å². The van der Waals surface area contributed by atoms with Crippen LogP contribution in [0.25, 0.3) is 0 Å². The van der Waals surface area contributed by atoms with Crippen LogP contribution < -0.4 is 14.9 Å². The second kappa shape index (κ2) is 6.80. The van der Waals surface area contributed by atoms with E-state index in [1.54, 1.807) is 31.2 Å². The number of para-hydroxylation sites is 2. The molecule has 1 aliphatic heterocycles. The van der Waals surface area contributed by atoms with Crippen LogP contribution in [0.5, 0.6) is 0 Å². The van der Waals surface area contributed by atoms with Gasteiger partial charge in [-0.3, -0.25) is 13.9 Å². The van der Waals surface area contributed by atoms with Gasteiger partial charge in [0.25, 0.3) is 10.0 Å². The molecule has 1 aliphatic rings. The van der Waals surface area contributed by atoms with E-state index in [0.29, 0.717) is 17.1 Å². The Bertz CT molecular complexity index is 955. The second-order valence-electron chi connectivity index (χ2n) is 6.12. The molecule has 1 atom stereocenters. The average Bonchev–Trinajstić information content (AvgIpc) is 2.69. The van der Waals surface area contributed by atoms with E-state index in [9.17, 15) is 18.0 Å². The molecule has 0 bridgehead atoms. The average molecular weight is 373 g/mol. The molecule has 0 spiro atoms. The maximum absolute atomic E-state index is 13.3. The molecule has 0 saturated heterocycles. The Labute approximate surface area is 152 Å². The molecule has 2 N–H and O–H groups in total. The zero-order valence-electron chi connectivity index (χ0n) is 14.4. The first-order valence-corrected chi connectivity index (χ1v) is 9.54. The summed E-state index contributed by atoms with van der Waals surface area (Å²) in [7, 11) is -3.89. The zero-order valence-corrected chi connectivity index (χ0v) is 15.2. The SMILES string of the molecule is CC(=O)Nc1ccc(S(=O)(=O)N2c3ccccc3NC(=O)CC2C)cc1. The third kappa shape index (κ3) is 3.41. The lowest BCUT2D eigenvalue weighted by atomic mass is 10.2. The van der Waals surface area contributed by atoms with Gasteiger partial charge in [0.05, 0.1) is 22.3 Å². The third-order valence-electron chi connectivity index (χ3n) is 4.03. The monoisotopic (exact) mass is 373 g/mol. The smallest absolute Gasteiger partial charge is 0.264 e. The van der Waals surface area contributed by atoms with Crippen LogP contribution >= 0.6 is 0 Å². The van der Waals surface area contributed by atoms with Gasteiger partial charge >= 0.3 is 0 Å². The van der Waals surface area contributed by atoms with Gasteiger partial charge in [-0.05, 0) is 43.3 Å². The minimum Gasteiger partial charge on any atom is -0.326 e. The number of fused-ring (bicyclic) bond motifs is 1. The molecule has 8 heteroatoms. The summed E-state index contributed by atoms with van der Waals surface area (Å²) in [5.41, 5.74) is 1.40. The maximum atomic E-state index is 13.3. The summed E-state index contributed by atoms with van der Waals surface area (Å²) in [6.07, 6.45) is 0.0535. The van der Waals surface area contributed by atoms with Gasteiger partial charge < -0.3 is 10.6 Å². The summed E-state index contributed by atoms with van der Waals surface area (Å²) >= 11 is 0. The lowest BCUT2D eigenvalue weighted by Gasteiger charge is -2.29. The molecular weight excluding hydrogens is 354 g/mol. The van der Waals surface area contributed by atoms with Crippen molar-refractivity contribution in [2.24, 2.45) is 0 Å². The van der Waals surface area contributed by atoms with Crippen LogP contribution in [0, 0.1) is 0 Å². The van der Waals surface area contributed by atoms with E-state index in [1.807, 2.05) is 0 Å². The van der Waals surface area contributed by atoms with E-state index < -0.39 is 16.1 Å². The molecule has 1 heterocycles. The van der Waals surface area contributed by atoms with Crippen molar-refractivity contribution in [3.8, 4) is 0 Å². The van der Waals surface area contributed by atoms with E-state index in [4.69, 9.17) is 0 Å². The Kier molecular flexibility index (Phi) is 4.69. The minimum absolute atomic E-state index is 0.0535. The number of carbonyl (C=O) groups is 2. The molecule has 7 nitrogen and oxygen atoms in total. The Morgan fingerprint density at radius 2 is 1.81 bits per heavy atom. The molecule has 0 radical (unpaired) electrons. The van der Waals surface area contributed by atoms with Gasteiger partial charge in [0.15, 0.2) is 0 Å². The highest BCUT2D eigenvalue weighted by atomic mass is 32.2. The Morgan fingerprint density at radius 1 is 1.15 bits per heavy atom. The predicted octanol–water partition coefficient (Wildman–Crippen LogP) is 2.57. The van der Waals surface area contributed by atoms with Gasteiger partial charge in [-0.15, -0.1) is 0 Å². The quantitative estimate of drug-likeness (QED) is 0.864. The van der Waals surface area contributed by atoms with Gasteiger partial charge in [0.2, 0.25) is 11.8 Å². The van der Waals surface area contributed by atoms with Crippen molar-refractivity contribution in [3.63, 3.8) is 0 Å². The summed E-state index contributed by atoms with van der Waals surface area (Å²) in [6.45, 7) is 3.08. The molecule has 1 unspecified atom stereocenters. The van der Waals surface area contributed by atoms with Crippen molar-refractivity contribution in [3.05, 3.63) is 48.5 Å². The highest BCUT2D eigenvalue weighted by Gasteiger charge is 2.34. The fourth-order valence-corrected chi connectivity index (χ4v) is 4.63. The van der Waals surface area contributed by atoms with Gasteiger partial charge in [-0.2, -0.15) is 0 Å². The first-order valence-electron chi connectivity index (χ1n) is 8.10. The molecular formula is C18H19N3O4S. The zero-order chi connectivity index (χ0) is 18.9. The van der Waals surface area contributed by atoms with Crippen LogP contribution in [0.15, 0.2) is 53.4 Å². The van der Waals surface area contributed by atoms with Crippen LogP contribution in [0.1, 0.15) is 20.3 Å². The predicted molar refractivity (Wildman–Crippen MR) is 99.6 cm³/mol. The number of rotatable bonds is 3. The number of carbonyl (C=O) groups excluding carboxylic acids is 2. The molecule has 3 rings (SSSR count). The van der Waals surface area contributed by atoms with Crippen molar-refractivity contribution < 1.29 is 18.0 Å². The highest BCUT2D eigenvalue weighted by Crippen LogP contribution is 2.35. The lowest BCUT2D eigenvalue weighted by Crippen LogP contribution is -2.39. The van der Waals surface area contributed by atoms with Crippen molar-refractivity contribution in [1.82, 2.24) is 0 Å². The maximum Gasteiger partial charge on any atom is 0.264 e. The van der Waals surface area contributed by atoms with Gasteiger partial charge in [0.1, 0.15) is 0 Å². The largest absolute Gasteiger partial charge is 0.326 e. The summed E-state index contributed by atoms with van der Waals surface area (Å²) in [5, 5.41) is 5.35. The van der Waals surface area contributed by atoms with Crippen LogP contribution in [-0.4, -0.2) is 26.3 Å². The van der Waals surface area contributed by atoms with Crippen LogP contribution in [0.2, 0.25) is 0 Å². The number of hydrogen-bond donors (Lipinski definition) is 2. The number of hydrogen-bond acceptors (Lipinski definition) is 4. The fourth-order valence-electron chi connectivity index (χ4n) is 2.95. The normalized spacial score (nSPS) is 17.1. The topological polar surface area (TPSA) is 95.6 Å². The van der Waals surface area contributed by atoms with E-state index in [-0.39, 0.29) is 23.1 Å².